The largest absolute Gasteiger partial charge is 0.325 e. The van der Waals surface area contributed by atoms with Gasteiger partial charge in [-0.1, -0.05) is 23.7 Å². The van der Waals surface area contributed by atoms with E-state index in [2.05, 4.69) is 4.98 Å². The molecule has 1 heterocycles. The van der Waals surface area contributed by atoms with Gasteiger partial charge >= 0.3 is 0 Å². The summed E-state index contributed by atoms with van der Waals surface area (Å²) in [6.07, 6.45) is 0. The summed E-state index contributed by atoms with van der Waals surface area (Å²) in [5.74, 6) is 0. The Morgan fingerprint density at radius 2 is 2.12 bits per heavy atom. The molecular weight excluding hydrogens is 236 g/mol. The van der Waals surface area contributed by atoms with Crippen molar-refractivity contribution < 1.29 is 0 Å². The fourth-order valence-corrected chi connectivity index (χ4v) is 1.87. The number of H-pyrrole nitrogens is 1. The van der Waals surface area contributed by atoms with Gasteiger partial charge in [-0.05, 0) is 30.7 Å². The molecular formula is C13H9ClN2O. The zero-order valence-corrected chi connectivity index (χ0v) is 9.88. The number of aryl methyl sites for hydroxylation is 1. The maximum atomic E-state index is 11.6. The molecule has 0 atom stereocenters. The van der Waals surface area contributed by atoms with Gasteiger partial charge in [0.05, 0.1) is 0 Å². The molecule has 0 saturated heterocycles. The molecule has 0 amide bonds. The highest BCUT2D eigenvalue weighted by Gasteiger charge is 2.10. The van der Waals surface area contributed by atoms with Crippen LogP contribution in [-0.2, 0) is 0 Å². The van der Waals surface area contributed by atoms with Gasteiger partial charge in [0, 0.05) is 16.3 Å². The highest BCUT2D eigenvalue weighted by atomic mass is 35.5. The van der Waals surface area contributed by atoms with Gasteiger partial charge in [-0.3, -0.25) is 4.79 Å². The van der Waals surface area contributed by atoms with Crippen LogP contribution < -0.4 is 5.56 Å². The van der Waals surface area contributed by atoms with Crippen LogP contribution in [0.15, 0.2) is 35.1 Å². The van der Waals surface area contributed by atoms with E-state index in [4.69, 9.17) is 16.9 Å². The Morgan fingerprint density at radius 1 is 1.35 bits per heavy atom. The van der Waals surface area contributed by atoms with E-state index >= 15 is 0 Å². The van der Waals surface area contributed by atoms with Crippen molar-refractivity contribution in [3.8, 4) is 17.2 Å². The highest BCUT2D eigenvalue weighted by molar-refractivity contribution is 6.30. The number of nitrogens with zero attached hydrogens (tertiary/aromatic N) is 1. The third-order valence-corrected chi connectivity index (χ3v) is 2.65. The predicted octanol–water partition coefficient (Wildman–Crippen LogP) is 2.88. The van der Waals surface area contributed by atoms with Crippen LogP contribution in [-0.4, -0.2) is 4.98 Å². The molecule has 0 unspecified atom stereocenters. The SMILES string of the molecule is Cc1cc(-c2cccc(Cl)c2)c(C#N)c(=O)[nH]1. The molecule has 0 bridgehead atoms. The molecule has 1 aromatic heterocycles. The highest BCUT2D eigenvalue weighted by Crippen LogP contribution is 2.24. The van der Waals surface area contributed by atoms with Crippen LogP contribution in [0.5, 0.6) is 0 Å². The average Bonchev–Trinajstić information content (AvgIpc) is 2.28. The Kier molecular flexibility index (Phi) is 2.99. The van der Waals surface area contributed by atoms with Gasteiger partial charge in [-0.15, -0.1) is 0 Å². The molecule has 1 aromatic carbocycles. The molecule has 1 N–H and O–H groups in total. The van der Waals surface area contributed by atoms with Gasteiger partial charge in [0.25, 0.3) is 5.56 Å². The van der Waals surface area contributed by atoms with Gasteiger partial charge in [0.1, 0.15) is 11.6 Å². The fraction of sp³-hybridized carbons (Fsp3) is 0.0769. The van der Waals surface area contributed by atoms with E-state index < -0.39 is 0 Å². The second kappa shape index (κ2) is 4.44. The third-order valence-electron chi connectivity index (χ3n) is 2.42. The van der Waals surface area contributed by atoms with Crippen LogP contribution in [0.4, 0.5) is 0 Å². The molecule has 2 rings (SSSR count). The summed E-state index contributed by atoms with van der Waals surface area (Å²) in [4.78, 5) is 14.2. The Balaban J connectivity index is 2.76. The number of aromatic nitrogens is 1. The van der Waals surface area contributed by atoms with Crippen LogP contribution in [0.3, 0.4) is 0 Å². The summed E-state index contributed by atoms with van der Waals surface area (Å²) in [5, 5.41) is 9.59. The van der Waals surface area contributed by atoms with E-state index in [9.17, 15) is 4.79 Å². The molecule has 0 radical (unpaired) electrons. The molecule has 17 heavy (non-hydrogen) atoms. The van der Waals surface area contributed by atoms with E-state index in [1.54, 1.807) is 31.2 Å². The summed E-state index contributed by atoms with van der Waals surface area (Å²) in [7, 11) is 0. The number of nitriles is 1. The Morgan fingerprint density at radius 3 is 2.76 bits per heavy atom. The number of rotatable bonds is 1. The van der Waals surface area contributed by atoms with E-state index in [0.717, 1.165) is 5.56 Å². The minimum absolute atomic E-state index is 0.109. The lowest BCUT2D eigenvalue weighted by Gasteiger charge is -2.05. The summed E-state index contributed by atoms with van der Waals surface area (Å²) in [6, 6.07) is 10.8. The Bertz CT molecular complexity index is 668. The first-order valence-electron chi connectivity index (χ1n) is 5.02. The molecule has 0 fully saturated rings. The van der Waals surface area contributed by atoms with E-state index in [1.807, 2.05) is 12.1 Å². The van der Waals surface area contributed by atoms with Crippen molar-refractivity contribution in [2.45, 2.75) is 6.92 Å². The van der Waals surface area contributed by atoms with Gasteiger partial charge in [0.15, 0.2) is 0 Å². The smallest absolute Gasteiger partial charge is 0.266 e. The van der Waals surface area contributed by atoms with Gasteiger partial charge in [0.2, 0.25) is 0 Å². The van der Waals surface area contributed by atoms with Crippen LogP contribution in [0.1, 0.15) is 11.3 Å². The van der Waals surface area contributed by atoms with Crippen molar-refractivity contribution in [2.75, 3.05) is 0 Å². The van der Waals surface area contributed by atoms with Crippen molar-refractivity contribution in [2.24, 2.45) is 0 Å². The molecule has 4 heteroatoms. The first-order chi connectivity index (χ1) is 8.11. The van der Waals surface area contributed by atoms with Crippen LogP contribution >= 0.6 is 11.6 Å². The van der Waals surface area contributed by atoms with Crippen LogP contribution in [0.25, 0.3) is 11.1 Å². The monoisotopic (exact) mass is 244 g/mol. The third kappa shape index (κ3) is 2.22. The molecule has 0 aliphatic carbocycles. The van der Waals surface area contributed by atoms with Crippen LogP contribution in [0.2, 0.25) is 5.02 Å². The second-order valence-corrected chi connectivity index (χ2v) is 4.13. The summed E-state index contributed by atoms with van der Waals surface area (Å²) in [5.41, 5.74) is 1.82. The molecule has 84 valence electrons. The van der Waals surface area contributed by atoms with Gasteiger partial charge in [-0.25, -0.2) is 0 Å². The van der Waals surface area contributed by atoms with Crippen molar-refractivity contribution in [1.29, 1.82) is 5.26 Å². The fourth-order valence-electron chi connectivity index (χ4n) is 1.68. The Hall–Kier alpha value is -2.05. The van der Waals surface area contributed by atoms with Crippen molar-refractivity contribution in [3.05, 3.63) is 57.0 Å². The van der Waals surface area contributed by atoms with Crippen molar-refractivity contribution >= 4 is 11.6 Å². The van der Waals surface area contributed by atoms with Gasteiger partial charge in [-0.2, -0.15) is 5.26 Å². The predicted molar refractivity (Wildman–Crippen MR) is 67.0 cm³/mol. The minimum atomic E-state index is -0.373. The molecule has 0 aliphatic rings. The molecule has 0 aliphatic heterocycles. The van der Waals surface area contributed by atoms with E-state index in [1.165, 1.54) is 0 Å². The van der Waals surface area contributed by atoms with Crippen molar-refractivity contribution in [1.82, 2.24) is 4.98 Å². The summed E-state index contributed by atoms with van der Waals surface area (Å²) >= 11 is 5.90. The zero-order chi connectivity index (χ0) is 12.4. The molecule has 0 spiro atoms. The topological polar surface area (TPSA) is 56.6 Å². The number of nitrogens with one attached hydrogen (secondary N) is 1. The average molecular weight is 245 g/mol. The molecule has 3 nitrogen and oxygen atoms in total. The zero-order valence-electron chi connectivity index (χ0n) is 9.12. The number of benzene rings is 1. The first kappa shape index (κ1) is 11.4. The Labute approximate surface area is 103 Å². The maximum Gasteiger partial charge on any atom is 0.266 e. The number of hydrogen-bond donors (Lipinski definition) is 1. The summed E-state index contributed by atoms with van der Waals surface area (Å²) in [6.45, 7) is 1.77. The number of pyridine rings is 1. The first-order valence-corrected chi connectivity index (χ1v) is 5.39. The van der Waals surface area contributed by atoms with Crippen LogP contribution in [0, 0.1) is 18.3 Å². The lowest BCUT2D eigenvalue weighted by molar-refractivity contribution is 1.13. The number of hydrogen-bond acceptors (Lipinski definition) is 2. The lowest BCUT2D eigenvalue weighted by atomic mass is 10.0. The number of aromatic amines is 1. The minimum Gasteiger partial charge on any atom is -0.325 e. The molecule has 2 aromatic rings. The maximum absolute atomic E-state index is 11.6. The quantitative estimate of drug-likeness (QED) is 0.839. The normalized spacial score (nSPS) is 9.94. The standard InChI is InChI=1S/C13H9ClN2O/c1-8-5-11(12(7-15)13(17)16-8)9-3-2-4-10(14)6-9/h2-6H,1H3,(H,16,17). The summed E-state index contributed by atoms with van der Waals surface area (Å²) < 4.78 is 0. The van der Waals surface area contributed by atoms with Crippen molar-refractivity contribution in [3.63, 3.8) is 0 Å². The lowest BCUT2D eigenvalue weighted by Crippen LogP contribution is -2.12. The number of halogens is 1. The second-order valence-electron chi connectivity index (χ2n) is 3.69. The van der Waals surface area contributed by atoms with E-state index in [-0.39, 0.29) is 11.1 Å². The molecule has 0 saturated carbocycles. The van der Waals surface area contributed by atoms with Gasteiger partial charge < -0.3 is 4.98 Å². The van der Waals surface area contributed by atoms with E-state index in [0.29, 0.717) is 16.3 Å².